The summed E-state index contributed by atoms with van der Waals surface area (Å²) in [6, 6.07) is 12.1. The molecule has 4 rings (SSSR count). The molecule has 0 saturated heterocycles. The van der Waals surface area contributed by atoms with Crippen molar-refractivity contribution in [1.29, 1.82) is 0 Å². The smallest absolute Gasteiger partial charge is 0.177 e. The molecule has 1 aromatic heterocycles. The van der Waals surface area contributed by atoms with E-state index in [-0.39, 0.29) is 10.3 Å². The van der Waals surface area contributed by atoms with Crippen molar-refractivity contribution in [2.75, 3.05) is 12.5 Å². The van der Waals surface area contributed by atoms with Crippen LogP contribution >= 0.6 is 11.8 Å². The molecular weight excluding hydrogens is 362 g/mol. The first-order valence-corrected chi connectivity index (χ1v) is 11.8. The Morgan fingerprint density at radius 1 is 1.00 bits per heavy atom. The molecule has 26 heavy (non-hydrogen) atoms. The summed E-state index contributed by atoms with van der Waals surface area (Å²) in [5, 5.41) is 0. The highest BCUT2D eigenvalue weighted by molar-refractivity contribution is 7.98. The van der Waals surface area contributed by atoms with E-state index in [2.05, 4.69) is 47.7 Å². The Morgan fingerprint density at radius 3 is 2.19 bits per heavy atom. The topological polar surface area (TPSA) is 47.0 Å². The van der Waals surface area contributed by atoms with E-state index < -0.39 is 9.84 Å². The largest absolute Gasteiger partial charge is 0.255 e. The molecule has 1 saturated carbocycles. The fourth-order valence-electron chi connectivity index (χ4n) is 3.63. The summed E-state index contributed by atoms with van der Waals surface area (Å²) < 4.78 is 23.4. The lowest BCUT2D eigenvalue weighted by Gasteiger charge is -2.34. The number of hydrogen-bond acceptors (Lipinski definition) is 4. The van der Waals surface area contributed by atoms with Crippen molar-refractivity contribution in [2.45, 2.75) is 29.1 Å². The van der Waals surface area contributed by atoms with Crippen molar-refractivity contribution in [2.24, 2.45) is 5.41 Å². The van der Waals surface area contributed by atoms with Gasteiger partial charge in [-0.1, -0.05) is 30.7 Å². The minimum absolute atomic E-state index is 0.153. The third-order valence-corrected chi connectivity index (χ3v) is 7.12. The van der Waals surface area contributed by atoms with Gasteiger partial charge in [0.1, 0.15) is 0 Å². The standard InChI is InChI=1S/C21H21NO2S2/c1-25-16-6-4-15(5-7-16)18-12-21(10-3-11-21)13-19(18)20-9-8-17(14-22-20)26(2,23)24/h4-9,12-14H,3,10-11H2,1-2H3. The van der Waals surface area contributed by atoms with E-state index in [1.165, 1.54) is 47.7 Å². The van der Waals surface area contributed by atoms with Crippen molar-refractivity contribution in [3.8, 4) is 0 Å². The van der Waals surface area contributed by atoms with Crippen LogP contribution in [0.3, 0.4) is 0 Å². The number of hydrogen-bond donors (Lipinski definition) is 0. The number of thioether (sulfide) groups is 1. The molecule has 134 valence electrons. The summed E-state index contributed by atoms with van der Waals surface area (Å²) in [6.07, 6.45) is 13.1. The van der Waals surface area contributed by atoms with Gasteiger partial charge in [-0.25, -0.2) is 8.42 Å². The number of benzene rings is 1. The van der Waals surface area contributed by atoms with Crippen LogP contribution < -0.4 is 0 Å². The van der Waals surface area contributed by atoms with Crippen molar-refractivity contribution >= 4 is 32.7 Å². The lowest BCUT2D eigenvalue weighted by atomic mass is 9.70. The molecule has 2 aromatic rings. The van der Waals surface area contributed by atoms with Crippen LogP contribution in [0.5, 0.6) is 0 Å². The number of aromatic nitrogens is 1. The number of sulfone groups is 1. The summed E-state index contributed by atoms with van der Waals surface area (Å²) in [6.45, 7) is 0. The minimum Gasteiger partial charge on any atom is -0.255 e. The summed E-state index contributed by atoms with van der Waals surface area (Å²) in [5.41, 5.74) is 4.49. The first kappa shape index (κ1) is 17.6. The normalized spacial score (nSPS) is 18.4. The number of pyridine rings is 1. The Hall–Kier alpha value is -1.85. The van der Waals surface area contributed by atoms with Crippen LogP contribution in [0.15, 0.2) is 64.5 Å². The van der Waals surface area contributed by atoms with Gasteiger partial charge in [-0.3, -0.25) is 4.98 Å². The van der Waals surface area contributed by atoms with Crippen molar-refractivity contribution in [3.63, 3.8) is 0 Å². The number of nitrogens with zero attached hydrogens (tertiary/aromatic N) is 1. The maximum absolute atomic E-state index is 11.7. The Bertz CT molecular complexity index is 997. The molecule has 0 unspecified atom stereocenters. The molecule has 2 aliphatic rings. The van der Waals surface area contributed by atoms with Gasteiger partial charge in [-0.15, -0.1) is 11.8 Å². The van der Waals surface area contributed by atoms with Crippen LogP contribution in [0, 0.1) is 5.41 Å². The lowest BCUT2D eigenvalue weighted by Crippen LogP contribution is -2.22. The van der Waals surface area contributed by atoms with E-state index in [1.807, 2.05) is 6.07 Å². The van der Waals surface area contributed by atoms with Crippen LogP contribution in [0.1, 0.15) is 30.5 Å². The average Bonchev–Trinajstić information content (AvgIpc) is 3.03. The lowest BCUT2D eigenvalue weighted by molar-refractivity contribution is 0.282. The fourth-order valence-corrected chi connectivity index (χ4v) is 4.59. The Kier molecular flexibility index (Phi) is 4.32. The van der Waals surface area contributed by atoms with Gasteiger partial charge in [-0.05, 0) is 54.5 Å². The van der Waals surface area contributed by atoms with Crippen LogP contribution in [0.25, 0.3) is 11.1 Å². The van der Waals surface area contributed by atoms with Gasteiger partial charge in [0.2, 0.25) is 0 Å². The maximum Gasteiger partial charge on any atom is 0.177 e. The zero-order valence-corrected chi connectivity index (χ0v) is 16.5. The molecule has 0 N–H and O–H groups in total. The van der Waals surface area contributed by atoms with Crippen LogP contribution in [0.4, 0.5) is 0 Å². The Balaban J connectivity index is 1.75. The van der Waals surface area contributed by atoms with Crippen molar-refractivity contribution < 1.29 is 8.42 Å². The molecule has 1 spiro atoms. The molecule has 0 atom stereocenters. The third kappa shape index (κ3) is 3.14. The van der Waals surface area contributed by atoms with E-state index in [1.54, 1.807) is 17.8 Å². The Labute approximate surface area is 159 Å². The van der Waals surface area contributed by atoms with Crippen LogP contribution in [0.2, 0.25) is 0 Å². The SMILES string of the molecule is CSc1ccc(C2=CC3(C=C2c2ccc(S(C)(=O)=O)cn2)CCC3)cc1. The number of rotatable bonds is 4. The van der Waals surface area contributed by atoms with Crippen molar-refractivity contribution in [1.82, 2.24) is 4.98 Å². The van der Waals surface area contributed by atoms with Gasteiger partial charge in [0.25, 0.3) is 0 Å². The van der Waals surface area contributed by atoms with Crippen molar-refractivity contribution in [3.05, 3.63) is 66.0 Å². The van der Waals surface area contributed by atoms with Gasteiger partial charge in [-0.2, -0.15) is 0 Å². The predicted octanol–water partition coefficient (Wildman–Crippen LogP) is 4.86. The van der Waals surface area contributed by atoms with Gasteiger partial charge in [0, 0.05) is 28.3 Å². The zero-order valence-electron chi connectivity index (χ0n) is 14.9. The van der Waals surface area contributed by atoms with Gasteiger partial charge >= 0.3 is 0 Å². The predicted molar refractivity (Wildman–Crippen MR) is 108 cm³/mol. The molecule has 0 aliphatic heterocycles. The summed E-state index contributed by atoms with van der Waals surface area (Å²) in [7, 11) is -3.23. The highest BCUT2D eigenvalue weighted by Gasteiger charge is 2.38. The first-order valence-electron chi connectivity index (χ1n) is 8.67. The summed E-state index contributed by atoms with van der Waals surface area (Å²) in [4.78, 5) is 5.97. The summed E-state index contributed by atoms with van der Waals surface area (Å²) >= 11 is 1.73. The van der Waals surface area contributed by atoms with E-state index in [4.69, 9.17) is 0 Å². The van der Waals surface area contributed by atoms with Gasteiger partial charge < -0.3 is 0 Å². The second-order valence-corrected chi connectivity index (χ2v) is 9.98. The maximum atomic E-state index is 11.7. The zero-order chi connectivity index (χ0) is 18.4. The summed E-state index contributed by atoms with van der Waals surface area (Å²) in [5.74, 6) is 0. The molecule has 1 aromatic carbocycles. The van der Waals surface area contributed by atoms with E-state index >= 15 is 0 Å². The highest BCUT2D eigenvalue weighted by Crippen LogP contribution is 2.53. The third-order valence-electron chi connectivity index (χ3n) is 5.28. The molecular formula is C21H21NO2S2. The molecule has 5 heteroatoms. The van der Waals surface area contributed by atoms with Gasteiger partial charge in [0.05, 0.1) is 10.6 Å². The molecule has 0 amide bonds. The van der Waals surface area contributed by atoms with Gasteiger partial charge in [0.15, 0.2) is 9.84 Å². The van der Waals surface area contributed by atoms with Crippen LogP contribution in [-0.4, -0.2) is 25.9 Å². The molecule has 2 aliphatic carbocycles. The molecule has 1 heterocycles. The molecule has 0 bridgehead atoms. The van der Waals surface area contributed by atoms with E-state index in [0.29, 0.717) is 0 Å². The fraction of sp³-hybridized carbons (Fsp3) is 0.286. The highest BCUT2D eigenvalue weighted by atomic mass is 32.2. The second kappa shape index (κ2) is 6.39. The number of allylic oxidation sites excluding steroid dienone is 4. The molecule has 3 nitrogen and oxygen atoms in total. The second-order valence-electron chi connectivity index (χ2n) is 7.08. The van der Waals surface area contributed by atoms with E-state index in [9.17, 15) is 8.42 Å². The van der Waals surface area contributed by atoms with Crippen LogP contribution in [-0.2, 0) is 9.84 Å². The minimum atomic E-state index is -3.23. The Morgan fingerprint density at radius 2 is 1.69 bits per heavy atom. The first-order chi connectivity index (χ1) is 12.4. The average molecular weight is 384 g/mol. The molecule has 1 fully saturated rings. The monoisotopic (exact) mass is 383 g/mol. The molecule has 0 radical (unpaired) electrons. The van der Waals surface area contributed by atoms with E-state index in [0.717, 1.165) is 11.3 Å². The quantitative estimate of drug-likeness (QED) is 0.708.